The lowest BCUT2D eigenvalue weighted by Crippen LogP contribution is -2.40. The summed E-state index contributed by atoms with van der Waals surface area (Å²) in [6.45, 7) is -0.379. The normalized spacial score (nSPS) is 15.3. The van der Waals surface area contributed by atoms with Crippen molar-refractivity contribution in [1.82, 2.24) is 10.2 Å². The predicted molar refractivity (Wildman–Crippen MR) is 125 cm³/mol. The molecule has 2 aromatic carbocycles. The van der Waals surface area contributed by atoms with E-state index in [1.807, 2.05) is 4.90 Å². The van der Waals surface area contributed by atoms with E-state index in [0.29, 0.717) is 5.75 Å². The molecule has 1 aliphatic rings. The van der Waals surface area contributed by atoms with E-state index in [-0.39, 0.29) is 22.9 Å². The van der Waals surface area contributed by atoms with Crippen LogP contribution < -0.4 is 20.5 Å². The van der Waals surface area contributed by atoms with E-state index < -0.39 is 31.6 Å². The number of rotatable bonds is 11. The van der Waals surface area contributed by atoms with Crippen LogP contribution >= 0.6 is 0 Å². The van der Waals surface area contributed by atoms with Gasteiger partial charge in [-0.05, 0) is 48.5 Å². The minimum atomic E-state index is -1.31. The number of benzene rings is 2. The Morgan fingerprint density at radius 3 is 2.44 bits per heavy atom. The van der Waals surface area contributed by atoms with Gasteiger partial charge in [0.1, 0.15) is 42.7 Å². The number of hydrogen-bond acceptors (Lipinski definition) is 6. The molecule has 1 saturated heterocycles. The molecule has 10 heteroatoms. The van der Waals surface area contributed by atoms with Gasteiger partial charge in [0.25, 0.3) is 5.91 Å². The molecule has 0 aromatic heterocycles. The molecule has 182 valence electrons. The summed E-state index contributed by atoms with van der Waals surface area (Å²) in [4.78, 5) is 18.3. The number of ether oxygens (including phenoxy) is 2. The maximum Gasteiger partial charge on any atom is 0.279 e. The summed E-state index contributed by atoms with van der Waals surface area (Å²) in [5.41, 5.74) is 6.51. The Bertz CT molecular complexity index is 1020. The minimum Gasteiger partial charge on any atom is -0.485 e. The van der Waals surface area contributed by atoms with E-state index in [2.05, 4.69) is 10.3 Å². The van der Waals surface area contributed by atoms with Crippen molar-refractivity contribution in [2.24, 2.45) is 10.7 Å². The smallest absolute Gasteiger partial charge is 0.279 e. The van der Waals surface area contributed by atoms with E-state index in [0.717, 1.165) is 25.1 Å². The molecule has 1 amide bonds. The van der Waals surface area contributed by atoms with E-state index >= 15 is 0 Å². The summed E-state index contributed by atoms with van der Waals surface area (Å²) in [6.07, 6.45) is 1.99. The molecule has 0 saturated carbocycles. The number of carbonyl (C=O) groups is 1. The van der Waals surface area contributed by atoms with Crippen molar-refractivity contribution < 1.29 is 28.2 Å². The predicted octanol–water partition coefficient (Wildman–Crippen LogP) is 3.09. The number of amides is 1. The van der Waals surface area contributed by atoms with Crippen molar-refractivity contribution in [1.29, 1.82) is 0 Å². The quantitative estimate of drug-likeness (QED) is 0.339. The van der Waals surface area contributed by atoms with Crippen molar-refractivity contribution in [3.05, 3.63) is 65.9 Å². The lowest BCUT2D eigenvalue weighted by Gasteiger charge is -2.35. The van der Waals surface area contributed by atoms with Gasteiger partial charge in [-0.1, -0.05) is 12.1 Å². The molecule has 0 aliphatic carbocycles. The van der Waals surface area contributed by atoms with Gasteiger partial charge in [-0.2, -0.15) is 4.99 Å². The second kappa shape index (κ2) is 12.1. The number of aliphatic hydroxyl groups excluding tert-OH is 1. The first kappa shape index (κ1) is 25.1. The van der Waals surface area contributed by atoms with Crippen LogP contribution in [0.25, 0.3) is 0 Å². The maximum atomic E-state index is 13.0. The molecule has 0 spiro atoms. The summed E-state index contributed by atoms with van der Waals surface area (Å²) in [6, 6.07) is 11.0. The molecule has 3 rings (SSSR count). The van der Waals surface area contributed by atoms with Crippen LogP contribution in [0.4, 0.5) is 8.78 Å². The van der Waals surface area contributed by atoms with Crippen LogP contribution in [0.15, 0.2) is 59.7 Å². The number of halogens is 2. The molecule has 2 aromatic rings. The van der Waals surface area contributed by atoms with Gasteiger partial charge in [0.2, 0.25) is 0 Å². The highest BCUT2D eigenvalue weighted by molar-refractivity contribution is 6.06. The average molecular weight is 475 g/mol. The molecule has 1 aliphatic heterocycles. The van der Waals surface area contributed by atoms with Gasteiger partial charge in [-0.15, -0.1) is 0 Å². The molecule has 34 heavy (non-hydrogen) atoms. The standard InChI is InChI=1S/C24H28F2N4O4/c1-28-8-7-22(27)29-23(31)17-11-19(13-20(12-17)34-21(14-25)15-26)33-18-5-3-16(4-6-18)24(32)30-9-2-10-30/h3-8,11-13,21,24,28,32H,2,9-10,14-15H2,1H3,(H2,27,29,31)/b8-7-. The van der Waals surface area contributed by atoms with Gasteiger partial charge < -0.3 is 25.6 Å². The molecule has 0 radical (unpaired) electrons. The number of aliphatic imine (C=N–C) groups is 1. The third-order valence-corrected chi connectivity index (χ3v) is 5.08. The second-order valence-corrected chi connectivity index (χ2v) is 7.64. The number of amidine groups is 1. The summed E-state index contributed by atoms with van der Waals surface area (Å²) in [5, 5.41) is 13.1. The zero-order valence-corrected chi connectivity index (χ0v) is 18.8. The van der Waals surface area contributed by atoms with Gasteiger partial charge in [-0.3, -0.25) is 9.69 Å². The molecule has 1 unspecified atom stereocenters. The molecule has 4 N–H and O–H groups in total. The second-order valence-electron chi connectivity index (χ2n) is 7.64. The SMILES string of the molecule is CN/C=C\C(N)=NC(=O)c1cc(Oc2ccc(C(O)N3CCC3)cc2)cc(OC(CF)CF)c1. The van der Waals surface area contributed by atoms with E-state index in [4.69, 9.17) is 15.2 Å². The topological polar surface area (TPSA) is 109 Å². The van der Waals surface area contributed by atoms with Crippen LogP contribution in [0.2, 0.25) is 0 Å². The van der Waals surface area contributed by atoms with Gasteiger partial charge in [0, 0.05) is 31.8 Å². The highest BCUT2D eigenvalue weighted by Gasteiger charge is 2.23. The average Bonchev–Trinajstić information content (AvgIpc) is 2.80. The number of alkyl halides is 2. The fourth-order valence-electron chi connectivity index (χ4n) is 3.15. The highest BCUT2D eigenvalue weighted by atomic mass is 19.1. The summed E-state index contributed by atoms with van der Waals surface area (Å²) in [7, 11) is 1.67. The van der Waals surface area contributed by atoms with Crippen LogP contribution in [0.1, 0.15) is 28.6 Å². The van der Waals surface area contributed by atoms with Gasteiger partial charge in [0.15, 0.2) is 6.10 Å². The molecule has 1 heterocycles. The fraction of sp³-hybridized carbons (Fsp3) is 0.333. The Kier molecular flexibility index (Phi) is 8.94. The van der Waals surface area contributed by atoms with E-state index in [9.17, 15) is 18.7 Å². The van der Waals surface area contributed by atoms with Crippen LogP contribution in [0.3, 0.4) is 0 Å². The first-order valence-corrected chi connectivity index (χ1v) is 10.8. The summed E-state index contributed by atoms with van der Waals surface area (Å²) >= 11 is 0. The number of nitrogens with two attached hydrogens (primary N) is 1. The van der Waals surface area contributed by atoms with E-state index in [1.54, 1.807) is 31.3 Å². The molecule has 1 atom stereocenters. The van der Waals surface area contributed by atoms with Gasteiger partial charge in [-0.25, -0.2) is 8.78 Å². The largest absolute Gasteiger partial charge is 0.485 e. The molecule has 8 nitrogen and oxygen atoms in total. The number of nitrogens with one attached hydrogen (secondary N) is 1. The number of carbonyl (C=O) groups excluding carboxylic acids is 1. The summed E-state index contributed by atoms with van der Waals surface area (Å²) in [5.74, 6) is -0.0329. The number of likely N-dealkylation sites (tertiary alicyclic amines) is 1. The Morgan fingerprint density at radius 2 is 1.85 bits per heavy atom. The lowest BCUT2D eigenvalue weighted by molar-refractivity contribution is -0.0365. The monoisotopic (exact) mass is 474 g/mol. The molecule has 1 fully saturated rings. The van der Waals surface area contributed by atoms with Crippen molar-refractivity contribution >= 4 is 11.7 Å². The Labute approximate surface area is 196 Å². The number of hydrogen-bond donors (Lipinski definition) is 3. The number of nitrogens with zero attached hydrogens (tertiary/aromatic N) is 2. The summed E-state index contributed by atoms with van der Waals surface area (Å²) < 4.78 is 37.2. The Hall–Kier alpha value is -3.50. The van der Waals surface area contributed by atoms with E-state index in [1.165, 1.54) is 30.5 Å². The fourth-order valence-corrected chi connectivity index (χ4v) is 3.15. The van der Waals surface area contributed by atoms with Crippen LogP contribution in [-0.4, -0.2) is 61.3 Å². The third-order valence-electron chi connectivity index (χ3n) is 5.08. The van der Waals surface area contributed by atoms with Crippen molar-refractivity contribution in [3.63, 3.8) is 0 Å². The first-order chi connectivity index (χ1) is 16.4. The Morgan fingerprint density at radius 1 is 1.18 bits per heavy atom. The zero-order chi connectivity index (χ0) is 24.5. The van der Waals surface area contributed by atoms with Gasteiger partial charge in [0.05, 0.1) is 0 Å². The van der Waals surface area contributed by atoms with Crippen molar-refractivity contribution in [2.45, 2.75) is 18.8 Å². The maximum absolute atomic E-state index is 13.0. The highest BCUT2D eigenvalue weighted by Crippen LogP contribution is 2.30. The van der Waals surface area contributed by atoms with Crippen molar-refractivity contribution in [3.8, 4) is 17.2 Å². The van der Waals surface area contributed by atoms with Crippen LogP contribution in [0.5, 0.6) is 17.2 Å². The minimum absolute atomic E-state index is 0.0325. The van der Waals surface area contributed by atoms with Crippen molar-refractivity contribution in [2.75, 3.05) is 33.5 Å². The lowest BCUT2D eigenvalue weighted by atomic mass is 10.1. The third kappa shape index (κ3) is 6.75. The van der Waals surface area contributed by atoms with Crippen LogP contribution in [-0.2, 0) is 0 Å². The molecular weight excluding hydrogens is 446 g/mol. The zero-order valence-electron chi connectivity index (χ0n) is 18.8. The van der Waals surface area contributed by atoms with Crippen LogP contribution in [0, 0.1) is 0 Å². The Balaban J connectivity index is 1.83. The molecular formula is C24H28F2N4O4. The first-order valence-electron chi connectivity index (χ1n) is 10.8. The van der Waals surface area contributed by atoms with Gasteiger partial charge >= 0.3 is 0 Å². The molecule has 0 bridgehead atoms. The number of aliphatic hydroxyl groups is 1.